The number of ether oxygens (including phenoxy) is 1. The number of nitrogens with zero attached hydrogens (tertiary/aromatic N) is 2. The van der Waals surface area contributed by atoms with Gasteiger partial charge in [-0.15, -0.1) is 0 Å². The van der Waals surface area contributed by atoms with Gasteiger partial charge in [-0.05, 0) is 6.07 Å². The molecule has 2 N–H and O–H groups in total. The number of methoxy groups -OCH3 is 1. The molecule has 0 saturated heterocycles. The number of oxazole rings is 1. The number of aryl methyl sites for hydroxylation is 1. The molecule has 0 unspecified atom stereocenters. The number of hydrogen-bond acceptors (Lipinski definition) is 6. The molecule has 0 bridgehead atoms. The Morgan fingerprint density at radius 2 is 2.13 bits per heavy atom. The van der Waals surface area contributed by atoms with Crippen molar-refractivity contribution in [1.82, 2.24) is 15.3 Å². The van der Waals surface area contributed by atoms with Crippen LogP contribution in [0.3, 0.4) is 0 Å². The largest absolute Gasteiger partial charge is 0.464 e. The molecule has 0 aliphatic heterocycles. The molecule has 2 aromatic rings. The number of rotatable bonds is 5. The lowest BCUT2D eigenvalue weighted by Crippen LogP contribution is -2.28. The van der Waals surface area contributed by atoms with Gasteiger partial charge in [0.1, 0.15) is 5.76 Å². The van der Waals surface area contributed by atoms with E-state index in [1.807, 2.05) is 6.92 Å². The summed E-state index contributed by atoms with van der Waals surface area (Å²) in [5.74, 6) is 0.507. The van der Waals surface area contributed by atoms with Crippen molar-refractivity contribution in [3.8, 4) is 0 Å². The van der Waals surface area contributed by atoms with Crippen LogP contribution in [0, 0.1) is 0 Å². The highest BCUT2D eigenvalue weighted by atomic mass is 35.5. The molecule has 2 rings (SSSR count). The van der Waals surface area contributed by atoms with Crippen molar-refractivity contribution in [2.75, 3.05) is 12.4 Å². The Morgan fingerprint density at radius 1 is 1.35 bits per heavy atom. The first-order valence-electron chi connectivity index (χ1n) is 6.75. The maximum absolute atomic E-state index is 11.8. The molecule has 9 heteroatoms. The summed E-state index contributed by atoms with van der Waals surface area (Å²) < 4.78 is 9.90. The van der Waals surface area contributed by atoms with Gasteiger partial charge in [0.2, 0.25) is 5.89 Å². The Balaban J connectivity index is 1.92. The lowest BCUT2D eigenvalue weighted by Gasteiger charge is -2.07. The van der Waals surface area contributed by atoms with Crippen LogP contribution in [0.5, 0.6) is 0 Å². The fourth-order valence-electron chi connectivity index (χ4n) is 1.68. The highest BCUT2D eigenvalue weighted by Gasteiger charge is 2.14. The zero-order chi connectivity index (χ0) is 16.8. The molecule has 0 spiro atoms. The van der Waals surface area contributed by atoms with Crippen molar-refractivity contribution >= 4 is 29.3 Å². The quantitative estimate of drug-likeness (QED) is 0.811. The van der Waals surface area contributed by atoms with E-state index in [0.29, 0.717) is 11.6 Å². The second kappa shape index (κ2) is 7.59. The van der Waals surface area contributed by atoms with Gasteiger partial charge >= 0.3 is 12.0 Å². The van der Waals surface area contributed by atoms with Crippen LogP contribution in [0.4, 0.5) is 10.5 Å². The Hall–Kier alpha value is -2.61. The van der Waals surface area contributed by atoms with Crippen LogP contribution < -0.4 is 10.6 Å². The first-order chi connectivity index (χ1) is 11.0. The molecule has 0 saturated carbocycles. The Kier molecular flexibility index (Phi) is 5.53. The maximum Gasteiger partial charge on any atom is 0.358 e. The molecular formula is C14H15ClN4O4. The first kappa shape index (κ1) is 16.8. The minimum atomic E-state index is -0.651. The van der Waals surface area contributed by atoms with Crippen molar-refractivity contribution in [2.24, 2.45) is 0 Å². The topological polar surface area (TPSA) is 106 Å². The van der Waals surface area contributed by atoms with Crippen molar-refractivity contribution in [1.29, 1.82) is 0 Å². The molecule has 0 aromatic carbocycles. The summed E-state index contributed by atoms with van der Waals surface area (Å²) in [5.41, 5.74) is 0.314. The number of aromatic nitrogens is 2. The molecule has 2 aromatic heterocycles. The van der Waals surface area contributed by atoms with Gasteiger partial charge < -0.3 is 19.8 Å². The summed E-state index contributed by atoms with van der Waals surface area (Å²) >= 11 is 5.92. The number of halogens is 1. The molecule has 0 radical (unpaired) electrons. The van der Waals surface area contributed by atoms with E-state index in [-0.39, 0.29) is 17.3 Å². The van der Waals surface area contributed by atoms with E-state index in [9.17, 15) is 9.59 Å². The van der Waals surface area contributed by atoms with E-state index in [0.717, 1.165) is 12.2 Å². The van der Waals surface area contributed by atoms with Gasteiger partial charge in [0.15, 0.2) is 5.69 Å². The third kappa shape index (κ3) is 4.43. The molecule has 2 heterocycles. The van der Waals surface area contributed by atoms with Crippen LogP contribution in [0.1, 0.15) is 29.1 Å². The molecule has 2 amide bonds. The highest BCUT2D eigenvalue weighted by Crippen LogP contribution is 2.19. The van der Waals surface area contributed by atoms with Gasteiger partial charge in [-0.25, -0.2) is 19.6 Å². The molecule has 23 heavy (non-hydrogen) atoms. The van der Waals surface area contributed by atoms with E-state index in [4.69, 9.17) is 16.0 Å². The monoisotopic (exact) mass is 338 g/mol. The highest BCUT2D eigenvalue weighted by molar-refractivity contribution is 6.33. The zero-order valence-corrected chi connectivity index (χ0v) is 13.3. The third-order valence-electron chi connectivity index (χ3n) is 2.83. The van der Waals surface area contributed by atoms with Crippen molar-refractivity contribution in [3.05, 3.63) is 40.8 Å². The van der Waals surface area contributed by atoms with Gasteiger partial charge in [-0.2, -0.15) is 0 Å². The predicted octanol–water partition coefficient (Wildman–Crippen LogP) is 2.39. The average molecular weight is 339 g/mol. The van der Waals surface area contributed by atoms with E-state index in [1.165, 1.54) is 19.4 Å². The van der Waals surface area contributed by atoms with Gasteiger partial charge in [0.25, 0.3) is 0 Å². The second-order valence-corrected chi connectivity index (χ2v) is 4.83. The van der Waals surface area contributed by atoms with Gasteiger partial charge in [0.05, 0.1) is 36.8 Å². The van der Waals surface area contributed by atoms with Gasteiger partial charge in [0, 0.05) is 6.42 Å². The molecule has 0 atom stereocenters. The molecule has 0 aliphatic carbocycles. The summed E-state index contributed by atoms with van der Waals surface area (Å²) in [5, 5.41) is 5.20. The fraction of sp³-hybridized carbons (Fsp3) is 0.286. The number of amides is 2. The van der Waals surface area contributed by atoms with Crippen LogP contribution in [-0.2, 0) is 17.7 Å². The smallest absolute Gasteiger partial charge is 0.358 e. The Bertz CT molecular complexity index is 717. The zero-order valence-electron chi connectivity index (χ0n) is 12.6. The Labute approximate surface area is 137 Å². The normalized spacial score (nSPS) is 10.2. The lowest BCUT2D eigenvalue weighted by atomic mass is 10.3. The molecule has 0 fully saturated rings. The van der Waals surface area contributed by atoms with E-state index >= 15 is 0 Å². The number of esters is 1. The summed E-state index contributed by atoms with van der Waals surface area (Å²) in [6.07, 6.45) is 3.65. The van der Waals surface area contributed by atoms with E-state index in [1.54, 1.807) is 6.20 Å². The lowest BCUT2D eigenvalue weighted by molar-refractivity contribution is 0.0594. The van der Waals surface area contributed by atoms with Crippen molar-refractivity contribution in [2.45, 2.75) is 19.9 Å². The number of urea groups is 1. The van der Waals surface area contributed by atoms with Gasteiger partial charge in [-0.3, -0.25) is 0 Å². The number of pyridine rings is 1. The second-order valence-electron chi connectivity index (χ2n) is 4.43. The first-order valence-corrected chi connectivity index (χ1v) is 7.13. The fourth-order valence-corrected chi connectivity index (χ4v) is 1.92. The number of carbonyl (C=O) groups excluding carboxylic acids is 2. The number of hydrogen-bond donors (Lipinski definition) is 2. The van der Waals surface area contributed by atoms with Crippen LogP contribution >= 0.6 is 11.6 Å². The SMILES string of the molecule is CCc1cnc(CNC(=O)Nc2cnc(C(=O)OC)c(Cl)c2)o1. The van der Waals surface area contributed by atoms with E-state index in [2.05, 4.69) is 25.3 Å². The molecule has 122 valence electrons. The standard InChI is InChI=1S/C14H15ClN4O4/c1-3-9-6-16-11(23-9)7-18-14(21)19-8-4-10(15)12(17-5-8)13(20)22-2/h4-6H,3,7H2,1-2H3,(H2,18,19,21). The molecular weight excluding hydrogens is 324 g/mol. The van der Waals surface area contributed by atoms with Crippen LogP contribution in [0.25, 0.3) is 0 Å². The average Bonchev–Trinajstić information content (AvgIpc) is 3.00. The van der Waals surface area contributed by atoms with Crippen LogP contribution in [0.2, 0.25) is 5.02 Å². The van der Waals surface area contributed by atoms with Crippen LogP contribution in [0.15, 0.2) is 22.9 Å². The maximum atomic E-state index is 11.8. The third-order valence-corrected chi connectivity index (χ3v) is 3.12. The molecule has 8 nitrogen and oxygen atoms in total. The van der Waals surface area contributed by atoms with Gasteiger partial charge in [-0.1, -0.05) is 18.5 Å². The molecule has 0 aliphatic rings. The number of anilines is 1. The number of carbonyl (C=O) groups is 2. The van der Waals surface area contributed by atoms with E-state index < -0.39 is 12.0 Å². The van der Waals surface area contributed by atoms with Crippen molar-refractivity contribution < 1.29 is 18.7 Å². The summed E-state index contributed by atoms with van der Waals surface area (Å²) in [4.78, 5) is 31.0. The summed E-state index contributed by atoms with van der Waals surface area (Å²) in [7, 11) is 1.23. The predicted molar refractivity (Wildman–Crippen MR) is 82.3 cm³/mol. The summed E-state index contributed by atoms with van der Waals surface area (Å²) in [6.45, 7) is 2.09. The van der Waals surface area contributed by atoms with Crippen molar-refractivity contribution in [3.63, 3.8) is 0 Å². The minimum absolute atomic E-state index is 0.0213. The number of nitrogens with one attached hydrogen (secondary N) is 2. The minimum Gasteiger partial charge on any atom is -0.464 e. The Morgan fingerprint density at radius 3 is 2.74 bits per heavy atom. The van der Waals surface area contributed by atoms with Crippen LogP contribution in [-0.4, -0.2) is 29.1 Å². The summed E-state index contributed by atoms with van der Waals surface area (Å²) in [6, 6.07) is 0.922.